The Balaban J connectivity index is 4.74. The molecule has 0 heterocycles. The Bertz CT molecular complexity index is 231. The van der Waals surface area contributed by atoms with Gasteiger partial charge in [0, 0.05) is 18.0 Å². The Labute approximate surface area is 102 Å². The second kappa shape index (κ2) is 7.70. The van der Waals surface area contributed by atoms with Crippen LogP contribution in [-0.4, -0.2) is 36.1 Å². The summed E-state index contributed by atoms with van der Waals surface area (Å²) in [6.45, 7) is 16.3. The zero-order chi connectivity index (χ0) is 12.6. The number of likely N-dealkylation sites (N-methyl/N-ethyl adjacent to an activating group) is 2. The molecule has 1 atom stereocenters. The molecule has 2 heteroatoms. The number of nitrogens with zero attached hydrogens (tertiary/aromatic N) is 1. The highest BCUT2D eigenvalue weighted by Gasteiger charge is 2.32. The van der Waals surface area contributed by atoms with E-state index in [1.165, 1.54) is 0 Å². The van der Waals surface area contributed by atoms with Gasteiger partial charge in [0.05, 0.1) is 0 Å². The molecule has 0 spiro atoms. The molecule has 0 aromatic carbocycles. The minimum absolute atomic E-state index is 0.156. The second-order valence-electron chi connectivity index (χ2n) is 4.57. The molecule has 0 aromatic rings. The van der Waals surface area contributed by atoms with Gasteiger partial charge in [-0.15, -0.1) is 11.8 Å². The van der Waals surface area contributed by atoms with Crippen molar-refractivity contribution in [3.8, 4) is 11.8 Å². The monoisotopic (exact) mass is 224 g/mol. The van der Waals surface area contributed by atoms with Gasteiger partial charge in [-0.05, 0) is 40.4 Å². The first kappa shape index (κ1) is 15.5. The van der Waals surface area contributed by atoms with Gasteiger partial charge in [-0.25, -0.2) is 0 Å². The standard InChI is InChI=1S/C14H28N2/c1-7-11-12-13(15-8-2)14(5,6)16(9-3)10-4/h13,15H,8-10,12H2,1-6H3. The van der Waals surface area contributed by atoms with Crippen LogP contribution in [0.25, 0.3) is 0 Å². The first-order valence-corrected chi connectivity index (χ1v) is 6.42. The van der Waals surface area contributed by atoms with Gasteiger partial charge in [0.15, 0.2) is 0 Å². The summed E-state index contributed by atoms with van der Waals surface area (Å²) >= 11 is 0. The highest BCUT2D eigenvalue weighted by Crippen LogP contribution is 2.20. The van der Waals surface area contributed by atoms with E-state index in [9.17, 15) is 0 Å². The number of rotatable bonds is 7. The van der Waals surface area contributed by atoms with Gasteiger partial charge < -0.3 is 5.32 Å². The maximum absolute atomic E-state index is 3.56. The Kier molecular flexibility index (Phi) is 7.45. The molecule has 0 bridgehead atoms. The summed E-state index contributed by atoms with van der Waals surface area (Å²) in [7, 11) is 0. The van der Waals surface area contributed by atoms with Crippen LogP contribution in [0.3, 0.4) is 0 Å². The molecule has 0 aliphatic rings. The third-order valence-corrected chi connectivity index (χ3v) is 3.36. The molecular weight excluding hydrogens is 196 g/mol. The van der Waals surface area contributed by atoms with E-state index >= 15 is 0 Å². The average molecular weight is 224 g/mol. The van der Waals surface area contributed by atoms with Crippen molar-refractivity contribution < 1.29 is 0 Å². The molecule has 2 nitrogen and oxygen atoms in total. The fourth-order valence-corrected chi connectivity index (χ4v) is 2.28. The normalized spacial score (nSPS) is 13.4. The SMILES string of the molecule is CC#CCC(NCC)C(C)(C)N(CC)CC. The van der Waals surface area contributed by atoms with E-state index in [0.717, 1.165) is 26.1 Å². The summed E-state index contributed by atoms with van der Waals surface area (Å²) in [5, 5.41) is 3.56. The summed E-state index contributed by atoms with van der Waals surface area (Å²) in [6, 6.07) is 0.435. The van der Waals surface area contributed by atoms with E-state index in [1.807, 2.05) is 6.92 Å². The molecular formula is C14H28N2. The van der Waals surface area contributed by atoms with Crippen molar-refractivity contribution >= 4 is 0 Å². The molecule has 1 unspecified atom stereocenters. The quantitative estimate of drug-likeness (QED) is 0.668. The molecule has 0 saturated carbocycles. The fourth-order valence-electron chi connectivity index (χ4n) is 2.28. The van der Waals surface area contributed by atoms with Crippen molar-refractivity contribution in [2.75, 3.05) is 19.6 Å². The van der Waals surface area contributed by atoms with Crippen LogP contribution >= 0.6 is 0 Å². The second-order valence-corrected chi connectivity index (χ2v) is 4.57. The molecule has 1 N–H and O–H groups in total. The van der Waals surface area contributed by atoms with Crippen LogP contribution in [-0.2, 0) is 0 Å². The molecule has 0 saturated heterocycles. The molecule has 0 radical (unpaired) electrons. The third-order valence-electron chi connectivity index (χ3n) is 3.36. The van der Waals surface area contributed by atoms with Crippen LogP contribution in [0, 0.1) is 11.8 Å². The van der Waals surface area contributed by atoms with Crippen LogP contribution in [0.15, 0.2) is 0 Å². The summed E-state index contributed by atoms with van der Waals surface area (Å²) < 4.78 is 0. The Morgan fingerprint density at radius 1 is 1.19 bits per heavy atom. The lowest BCUT2D eigenvalue weighted by Crippen LogP contribution is -2.57. The summed E-state index contributed by atoms with van der Waals surface area (Å²) in [4.78, 5) is 2.50. The van der Waals surface area contributed by atoms with E-state index in [4.69, 9.17) is 0 Å². The molecule has 0 aliphatic carbocycles. The third kappa shape index (κ3) is 4.15. The van der Waals surface area contributed by atoms with E-state index < -0.39 is 0 Å². The predicted octanol–water partition coefficient (Wildman–Crippen LogP) is 2.50. The van der Waals surface area contributed by atoms with Gasteiger partial charge >= 0.3 is 0 Å². The van der Waals surface area contributed by atoms with Crippen LogP contribution in [0.1, 0.15) is 48.0 Å². The minimum Gasteiger partial charge on any atom is -0.312 e. The van der Waals surface area contributed by atoms with Crippen LogP contribution in [0.2, 0.25) is 0 Å². The van der Waals surface area contributed by atoms with Crippen LogP contribution < -0.4 is 5.32 Å². The Hall–Kier alpha value is -0.520. The molecule has 0 amide bonds. The van der Waals surface area contributed by atoms with Crippen molar-refractivity contribution in [3.05, 3.63) is 0 Å². The van der Waals surface area contributed by atoms with E-state index in [2.05, 4.69) is 56.7 Å². The first-order chi connectivity index (χ1) is 7.54. The predicted molar refractivity (Wildman–Crippen MR) is 72.5 cm³/mol. The molecule has 0 fully saturated rings. The average Bonchev–Trinajstić information content (AvgIpc) is 2.25. The maximum Gasteiger partial charge on any atom is 0.0356 e. The highest BCUT2D eigenvalue weighted by atomic mass is 15.2. The highest BCUT2D eigenvalue weighted by molar-refractivity contribution is 5.04. The van der Waals surface area contributed by atoms with Crippen molar-refractivity contribution in [2.24, 2.45) is 0 Å². The summed E-state index contributed by atoms with van der Waals surface area (Å²) in [6.07, 6.45) is 0.924. The van der Waals surface area contributed by atoms with Crippen LogP contribution in [0.4, 0.5) is 0 Å². The lowest BCUT2D eigenvalue weighted by atomic mass is 9.89. The van der Waals surface area contributed by atoms with Gasteiger partial charge in [-0.3, -0.25) is 4.90 Å². The topological polar surface area (TPSA) is 15.3 Å². The Morgan fingerprint density at radius 3 is 2.12 bits per heavy atom. The largest absolute Gasteiger partial charge is 0.312 e. The van der Waals surface area contributed by atoms with Crippen molar-refractivity contribution in [1.29, 1.82) is 0 Å². The molecule has 16 heavy (non-hydrogen) atoms. The molecule has 0 aromatic heterocycles. The van der Waals surface area contributed by atoms with Crippen molar-refractivity contribution in [1.82, 2.24) is 10.2 Å². The minimum atomic E-state index is 0.156. The molecule has 0 aliphatic heterocycles. The van der Waals surface area contributed by atoms with Gasteiger partial charge in [0.25, 0.3) is 0 Å². The number of hydrogen-bond donors (Lipinski definition) is 1. The van der Waals surface area contributed by atoms with Crippen molar-refractivity contribution in [2.45, 2.75) is 59.5 Å². The van der Waals surface area contributed by atoms with E-state index in [-0.39, 0.29) is 5.54 Å². The van der Waals surface area contributed by atoms with E-state index in [0.29, 0.717) is 6.04 Å². The van der Waals surface area contributed by atoms with Gasteiger partial charge in [0.2, 0.25) is 0 Å². The zero-order valence-electron chi connectivity index (χ0n) is 11.9. The van der Waals surface area contributed by atoms with Gasteiger partial charge in [-0.2, -0.15) is 0 Å². The molecule has 94 valence electrons. The van der Waals surface area contributed by atoms with Gasteiger partial charge in [0.1, 0.15) is 0 Å². The lowest BCUT2D eigenvalue weighted by Gasteiger charge is -2.43. The smallest absolute Gasteiger partial charge is 0.0356 e. The summed E-state index contributed by atoms with van der Waals surface area (Å²) in [5.41, 5.74) is 0.156. The zero-order valence-corrected chi connectivity index (χ0v) is 11.9. The fraction of sp³-hybridized carbons (Fsp3) is 0.857. The maximum atomic E-state index is 3.56. The number of hydrogen-bond acceptors (Lipinski definition) is 2. The summed E-state index contributed by atoms with van der Waals surface area (Å²) in [5.74, 6) is 6.20. The Morgan fingerprint density at radius 2 is 1.75 bits per heavy atom. The number of nitrogens with one attached hydrogen (secondary N) is 1. The van der Waals surface area contributed by atoms with E-state index in [1.54, 1.807) is 0 Å². The van der Waals surface area contributed by atoms with Gasteiger partial charge in [-0.1, -0.05) is 20.8 Å². The lowest BCUT2D eigenvalue weighted by molar-refractivity contribution is 0.0937. The van der Waals surface area contributed by atoms with Crippen molar-refractivity contribution in [3.63, 3.8) is 0 Å². The molecule has 0 rings (SSSR count). The first-order valence-electron chi connectivity index (χ1n) is 6.42. The van der Waals surface area contributed by atoms with Crippen LogP contribution in [0.5, 0.6) is 0 Å².